The molecule has 2 fully saturated rings. The van der Waals surface area contributed by atoms with E-state index in [0.717, 1.165) is 31.4 Å². The van der Waals surface area contributed by atoms with E-state index in [4.69, 9.17) is 19.2 Å². The standard InChI is InChI=1S/C30H34FN3O6/c31-22-9-10-25-23(18-22)28(30(36)37)24(29(32-25)21-6-2-1-3-7-21)19-33-11-12-34(26(35)20-33)13-15-38-16-17-40-27-8-4-5-14-39-27/h1-3,6-7,9-10,18,27H,4-5,8,11-17,19-20H2,(H,36,37). The largest absolute Gasteiger partial charge is 0.478 e. The first-order valence-electron chi connectivity index (χ1n) is 13.7. The van der Waals surface area contributed by atoms with Crippen molar-refractivity contribution in [3.05, 3.63) is 65.5 Å². The molecule has 1 aromatic heterocycles. The summed E-state index contributed by atoms with van der Waals surface area (Å²) in [6.07, 6.45) is 2.95. The molecule has 2 aromatic carbocycles. The van der Waals surface area contributed by atoms with Gasteiger partial charge in [0.25, 0.3) is 0 Å². The molecule has 9 nitrogen and oxygen atoms in total. The molecule has 0 saturated carbocycles. The third-order valence-corrected chi connectivity index (χ3v) is 7.26. The van der Waals surface area contributed by atoms with Crippen LogP contribution in [0.5, 0.6) is 0 Å². The van der Waals surface area contributed by atoms with Gasteiger partial charge in [-0.05, 0) is 37.5 Å². The summed E-state index contributed by atoms with van der Waals surface area (Å²) >= 11 is 0. The number of halogens is 1. The number of aromatic carboxylic acids is 1. The molecule has 212 valence electrons. The zero-order chi connectivity index (χ0) is 27.9. The van der Waals surface area contributed by atoms with Crippen LogP contribution < -0.4 is 0 Å². The van der Waals surface area contributed by atoms with Gasteiger partial charge in [0.2, 0.25) is 5.91 Å². The Morgan fingerprint density at radius 3 is 2.70 bits per heavy atom. The second-order valence-electron chi connectivity index (χ2n) is 10.0. The highest BCUT2D eigenvalue weighted by atomic mass is 19.1. The van der Waals surface area contributed by atoms with Crippen molar-refractivity contribution in [3.8, 4) is 11.3 Å². The lowest BCUT2D eigenvalue weighted by molar-refractivity contribution is -0.169. The first-order chi connectivity index (χ1) is 19.5. The number of amides is 1. The molecule has 1 N–H and O–H groups in total. The number of benzene rings is 2. The molecule has 2 aliphatic heterocycles. The lowest BCUT2D eigenvalue weighted by Crippen LogP contribution is -2.50. The van der Waals surface area contributed by atoms with Crippen LogP contribution in [-0.4, -0.2) is 90.7 Å². The lowest BCUT2D eigenvalue weighted by Gasteiger charge is -2.34. The fourth-order valence-electron chi connectivity index (χ4n) is 5.22. The van der Waals surface area contributed by atoms with Crippen molar-refractivity contribution in [1.29, 1.82) is 0 Å². The zero-order valence-corrected chi connectivity index (χ0v) is 22.4. The number of piperazine rings is 1. The highest BCUT2D eigenvalue weighted by Gasteiger charge is 2.28. The molecule has 1 atom stereocenters. The third kappa shape index (κ3) is 6.82. The summed E-state index contributed by atoms with van der Waals surface area (Å²) < 4.78 is 31.0. The van der Waals surface area contributed by atoms with E-state index in [0.29, 0.717) is 56.2 Å². The van der Waals surface area contributed by atoms with Gasteiger partial charge in [-0.1, -0.05) is 30.3 Å². The van der Waals surface area contributed by atoms with Gasteiger partial charge in [0.05, 0.1) is 43.1 Å². The van der Waals surface area contributed by atoms with Gasteiger partial charge in [0, 0.05) is 49.3 Å². The minimum atomic E-state index is -1.16. The molecular formula is C30H34FN3O6. The van der Waals surface area contributed by atoms with E-state index in [2.05, 4.69) is 0 Å². The Balaban J connectivity index is 1.23. The average Bonchev–Trinajstić information content (AvgIpc) is 2.96. The van der Waals surface area contributed by atoms with Gasteiger partial charge in [-0.3, -0.25) is 9.69 Å². The normalized spacial score (nSPS) is 18.4. The number of fused-ring (bicyclic) bond motifs is 1. The summed E-state index contributed by atoms with van der Waals surface area (Å²) in [5.74, 6) is -1.75. The van der Waals surface area contributed by atoms with Crippen molar-refractivity contribution < 1.29 is 33.3 Å². The number of rotatable bonds is 11. The fourth-order valence-corrected chi connectivity index (χ4v) is 5.22. The number of nitrogens with zero attached hydrogens (tertiary/aromatic N) is 3. The van der Waals surface area contributed by atoms with E-state index in [1.54, 1.807) is 4.90 Å². The maximum atomic E-state index is 14.1. The fraction of sp³-hybridized carbons (Fsp3) is 0.433. The molecule has 0 bridgehead atoms. The Hall–Kier alpha value is -3.44. The first kappa shape index (κ1) is 28.1. The molecule has 5 rings (SSSR count). The summed E-state index contributed by atoms with van der Waals surface area (Å²) in [7, 11) is 0. The Bertz CT molecular complexity index is 1330. The number of carbonyl (C=O) groups excluding carboxylic acids is 1. The average molecular weight is 552 g/mol. The SMILES string of the molecule is O=C(O)c1c(CN2CCN(CCOCCOC3CCCCO3)C(=O)C2)c(-c2ccccc2)nc2ccc(F)cc12. The number of carbonyl (C=O) groups is 2. The van der Waals surface area contributed by atoms with Crippen molar-refractivity contribution in [2.24, 2.45) is 0 Å². The topological polar surface area (TPSA) is 101 Å². The highest BCUT2D eigenvalue weighted by Crippen LogP contribution is 2.32. The Labute approximate surface area is 232 Å². The number of hydrogen-bond acceptors (Lipinski definition) is 7. The van der Waals surface area contributed by atoms with Gasteiger partial charge in [0.15, 0.2) is 6.29 Å². The molecule has 3 heterocycles. The van der Waals surface area contributed by atoms with Crippen molar-refractivity contribution >= 4 is 22.8 Å². The van der Waals surface area contributed by atoms with Crippen LogP contribution in [0.3, 0.4) is 0 Å². The lowest BCUT2D eigenvalue weighted by atomic mass is 9.96. The van der Waals surface area contributed by atoms with Gasteiger partial charge in [-0.25, -0.2) is 14.2 Å². The van der Waals surface area contributed by atoms with E-state index in [1.807, 2.05) is 35.2 Å². The van der Waals surface area contributed by atoms with Crippen LogP contribution in [0.2, 0.25) is 0 Å². The number of carboxylic acid groups (broad SMARTS) is 1. The molecule has 40 heavy (non-hydrogen) atoms. The molecule has 0 spiro atoms. The van der Waals surface area contributed by atoms with E-state index in [9.17, 15) is 19.1 Å². The Kier molecular flexibility index (Phi) is 9.33. The van der Waals surface area contributed by atoms with Crippen molar-refractivity contribution in [2.45, 2.75) is 32.1 Å². The van der Waals surface area contributed by atoms with Crippen LogP contribution in [0.15, 0.2) is 48.5 Å². The van der Waals surface area contributed by atoms with E-state index < -0.39 is 11.8 Å². The van der Waals surface area contributed by atoms with Gasteiger partial charge in [0.1, 0.15) is 5.82 Å². The predicted molar refractivity (Wildman–Crippen MR) is 146 cm³/mol. The molecule has 10 heteroatoms. The summed E-state index contributed by atoms with van der Waals surface area (Å²) in [6.45, 7) is 3.88. The van der Waals surface area contributed by atoms with Gasteiger partial charge in [-0.15, -0.1) is 0 Å². The maximum Gasteiger partial charge on any atom is 0.336 e. The summed E-state index contributed by atoms with van der Waals surface area (Å²) in [4.78, 5) is 33.9. The summed E-state index contributed by atoms with van der Waals surface area (Å²) in [6, 6.07) is 13.3. The number of aromatic nitrogens is 1. The van der Waals surface area contributed by atoms with Crippen LogP contribution in [0.4, 0.5) is 4.39 Å². The zero-order valence-electron chi connectivity index (χ0n) is 22.4. The van der Waals surface area contributed by atoms with E-state index in [-0.39, 0.29) is 36.2 Å². The Morgan fingerprint density at radius 2 is 1.95 bits per heavy atom. The number of pyridine rings is 1. The third-order valence-electron chi connectivity index (χ3n) is 7.26. The first-order valence-corrected chi connectivity index (χ1v) is 13.7. The number of carboxylic acids is 1. The highest BCUT2D eigenvalue weighted by molar-refractivity contribution is 6.05. The van der Waals surface area contributed by atoms with E-state index in [1.165, 1.54) is 18.2 Å². The van der Waals surface area contributed by atoms with Crippen molar-refractivity contribution in [2.75, 3.05) is 52.6 Å². The van der Waals surface area contributed by atoms with Crippen LogP contribution >= 0.6 is 0 Å². The minimum Gasteiger partial charge on any atom is -0.478 e. The maximum absolute atomic E-state index is 14.1. The van der Waals surface area contributed by atoms with Gasteiger partial charge < -0.3 is 24.2 Å². The molecule has 2 aliphatic rings. The molecular weight excluding hydrogens is 517 g/mol. The monoisotopic (exact) mass is 551 g/mol. The molecule has 3 aromatic rings. The van der Waals surface area contributed by atoms with Crippen LogP contribution in [-0.2, 0) is 25.5 Å². The van der Waals surface area contributed by atoms with Gasteiger partial charge in [-0.2, -0.15) is 0 Å². The molecule has 1 amide bonds. The summed E-state index contributed by atoms with van der Waals surface area (Å²) in [5, 5.41) is 10.4. The molecule has 0 aliphatic carbocycles. The second-order valence-corrected chi connectivity index (χ2v) is 10.0. The van der Waals surface area contributed by atoms with Crippen molar-refractivity contribution in [1.82, 2.24) is 14.8 Å². The van der Waals surface area contributed by atoms with Crippen LogP contribution in [0, 0.1) is 5.82 Å². The van der Waals surface area contributed by atoms with Gasteiger partial charge >= 0.3 is 5.97 Å². The smallest absolute Gasteiger partial charge is 0.336 e. The predicted octanol–water partition coefficient (Wildman–Crippen LogP) is 3.94. The van der Waals surface area contributed by atoms with Crippen molar-refractivity contribution in [3.63, 3.8) is 0 Å². The number of ether oxygens (including phenoxy) is 3. The molecule has 1 unspecified atom stereocenters. The van der Waals surface area contributed by atoms with Crippen LogP contribution in [0.25, 0.3) is 22.2 Å². The van der Waals surface area contributed by atoms with E-state index >= 15 is 0 Å². The second kappa shape index (κ2) is 13.3. The molecule has 0 radical (unpaired) electrons. The van der Waals surface area contributed by atoms with Crippen LogP contribution in [0.1, 0.15) is 35.2 Å². The number of hydrogen-bond donors (Lipinski definition) is 1. The Morgan fingerprint density at radius 1 is 1.10 bits per heavy atom. The molecule has 2 saturated heterocycles. The quantitative estimate of drug-likeness (QED) is 0.358. The summed E-state index contributed by atoms with van der Waals surface area (Å²) in [5.41, 5.74) is 2.14. The minimum absolute atomic E-state index is 0.00692.